The highest BCUT2D eigenvalue weighted by Crippen LogP contribution is 2.54. The van der Waals surface area contributed by atoms with E-state index in [2.05, 4.69) is 4.18 Å². The fraction of sp³-hybridized carbons (Fsp3) is 0.800. The Bertz CT molecular complexity index is 518. The van der Waals surface area contributed by atoms with Gasteiger partial charge in [0.15, 0.2) is 5.79 Å². The molecule has 2 aliphatic carbocycles. The minimum Gasteiger partial charge on any atom is -0.381 e. The van der Waals surface area contributed by atoms with Crippen molar-refractivity contribution >= 4 is 10.1 Å². The minimum absolute atomic E-state index is 0.146. The summed E-state index contributed by atoms with van der Waals surface area (Å²) in [5.74, 6) is -1.59. The first-order valence-electron chi connectivity index (χ1n) is 5.74. The summed E-state index contributed by atoms with van der Waals surface area (Å²) in [6.45, 7) is 0.877. The fourth-order valence-corrected chi connectivity index (χ4v) is 3.42. The van der Waals surface area contributed by atoms with E-state index in [0.29, 0.717) is 26.1 Å². The average Bonchev–Trinajstić information content (AvgIpc) is 2.93. The smallest absolute Gasteiger partial charge is 0.381 e. The van der Waals surface area contributed by atoms with Crippen molar-refractivity contribution < 1.29 is 35.2 Å². The van der Waals surface area contributed by atoms with Crippen LogP contribution in [0.25, 0.3) is 0 Å². The minimum atomic E-state index is -5.59. The number of alkyl halides is 3. The lowest BCUT2D eigenvalue weighted by Crippen LogP contribution is -2.36. The zero-order chi connectivity index (χ0) is 13.9. The number of allylic oxidation sites excluding steroid dienone is 1. The standard InChI is InChI=1S/C10H11F3O5S/c11-10(12,13)19(14,15)18-8-4-7-3-6(8)5-9(7)16-1-2-17-9/h4,6-7H,1-3,5H2. The maximum Gasteiger partial charge on any atom is 0.534 e. The highest BCUT2D eigenvalue weighted by atomic mass is 32.2. The van der Waals surface area contributed by atoms with E-state index in [1.54, 1.807) is 0 Å². The molecule has 1 heterocycles. The molecule has 1 saturated carbocycles. The average molecular weight is 300 g/mol. The molecule has 3 rings (SSSR count). The molecule has 1 spiro atoms. The molecule has 0 aromatic heterocycles. The van der Waals surface area contributed by atoms with E-state index in [0.717, 1.165) is 0 Å². The van der Waals surface area contributed by atoms with Gasteiger partial charge in [0.25, 0.3) is 0 Å². The monoisotopic (exact) mass is 300 g/mol. The Balaban J connectivity index is 1.78. The van der Waals surface area contributed by atoms with Crippen molar-refractivity contribution in [1.29, 1.82) is 0 Å². The van der Waals surface area contributed by atoms with Crippen LogP contribution in [0.3, 0.4) is 0 Å². The number of halogens is 3. The van der Waals surface area contributed by atoms with Gasteiger partial charge in [-0.25, -0.2) is 0 Å². The molecule has 2 fully saturated rings. The van der Waals surface area contributed by atoms with Gasteiger partial charge in [-0.15, -0.1) is 0 Å². The molecular weight excluding hydrogens is 289 g/mol. The summed E-state index contributed by atoms with van der Waals surface area (Å²) in [5, 5.41) is 0. The summed E-state index contributed by atoms with van der Waals surface area (Å²) in [5.41, 5.74) is -5.41. The zero-order valence-corrected chi connectivity index (χ0v) is 10.5. The fourth-order valence-electron chi connectivity index (χ4n) is 2.88. The molecule has 0 amide bonds. The van der Waals surface area contributed by atoms with Gasteiger partial charge in [0.2, 0.25) is 0 Å². The maximum absolute atomic E-state index is 12.2. The van der Waals surface area contributed by atoms with Crippen molar-refractivity contribution in [2.45, 2.75) is 24.1 Å². The Morgan fingerprint density at radius 3 is 2.42 bits per heavy atom. The highest BCUT2D eigenvalue weighted by molar-refractivity contribution is 7.87. The van der Waals surface area contributed by atoms with Gasteiger partial charge < -0.3 is 13.7 Å². The van der Waals surface area contributed by atoms with Gasteiger partial charge in [-0.3, -0.25) is 0 Å². The van der Waals surface area contributed by atoms with E-state index in [-0.39, 0.29) is 11.7 Å². The molecule has 5 nitrogen and oxygen atoms in total. The van der Waals surface area contributed by atoms with Crippen LogP contribution in [0, 0.1) is 11.8 Å². The molecule has 0 aromatic rings. The molecule has 3 aliphatic rings. The number of hydrogen-bond donors (Lipinski definition) is 0. The Morgan fingerprint density at radius 2 is 1.95 bits per heavy atom. The highest BCUT2D eigenvalue weighted by Gasteiger charge is 2.58. The lowest BCUT2D eigenvalue weighted by atomic mass is 9.99. The second-order valence-electron chi connectivity index (χ2n) is 4.80. The number of hydrogen-bond acceptors (Lipinski definition) is 5. The van der Waals surface area contributed by atoms with E-state index in [4.69, 9.17) is 9.47 Å². The van der Waals surface area contributed by atoms with Crippen LogP contribution in [-0.2, 0) is 23.8 Å². The van der Waals surface area contributed by atoms with Gasteiger partial charge in [-0.05, 0) is 12.5 Å². The Labute approximate surface area is 107 Å². The summed E-state index contributed by atoms with van der Waals surface area (Å²) in [4.78, 5) is 0. The molecule has 19 heavy (non-hydrogen) atoms. The molecule has 108 valence electrons. The molecule has 0 aromatic carbocycles. The zero-order valence-electron chi connectivity index (χ0n) is 9.64. The van der Waals surface area contributed by atoms with E-state index < -0.39 is 27.3 Å². The third-order valence-electron chi connectivity index (χ3n) is 3.67. The summed E-state index contributed by atoms with van der Waals surface area (Å²) in [6.07, 6.45) is 2.20. The van der Waals surface area contributed by atoms with Crippen molar-refractivity contribution in [1.82, 2.24) is 0 Å². The largest absolute Gasteiger partial charge is 0.534 e. The lowest BCUT2D eigenvalue weighted by Gasteiger charge is -2.30. The summed E-state index contributed by atoms with van der Waals surface area (Å²) in [6, 6.07) is 0. The third-order valence-corrected chi connectivity index (χ3v) is 4.65. The Kier molecular flexibility index (Phi) is 2.68. The van der Waals surface area contributed by atoms with E-state index in [1.165, 1.54) is 6.08 Å². The quantitative estimate of drug-likeness (QED) is 0.571. The van der Waals surface area contributed by atoms with Crippen molar-refractivity contribution in [2.75, 3.05) is 13.2 Å². The van der Waals surface area contributed by atoms with Crippen LogP contribution in [0.15, 0.2) is 11.8 Å². The SMILES string of the molecule is O=S(=O)(OC1=CC2CC1CC21OCCO1)C(F)(F)F. The molecular formula is C10H11F3O5S. The van der Waals surface area contributed by atoms with Crippen LogP contribution in [0.5, 0.6) is 0 Å². The van der Waals surface area contributed by atoms with Crippen LogP contribution in [0.1, 0.15) is 12.8 Å². The van der Waals surface area contributed by atoms with Gasteiger partial charge in [0.1, 0.15) is 5.76 Å². The predicted molar refractivity (Wildman–Crippen MR) is 55.0 cm³/mol. The first-order chi connectivity index (χ1) is 8.74. The first-order valence-corrected chi connectivity index (χ1v) is 7.15. The van der Waals surface area contributed by atoms with E-state index in [9.17, 15) is 21.6 Å². The molecule has 9 heteroatoms. The molecule has 2 unspecified atom stereocenters. The van der Waals surface area contributed by atoms with E-state index >= 15 is 0 Å². The predicted octanol–water partition coefficient (Wildman–Crippen LogP) is 1.52. The normalized spacial score (nSPS) is 32.9. The Hall–Kier alpha value is -0.800. The van der Waals surface area contributed by atoms with Crippen LogP contribution >= 0.6 is 0 Å². The molecule has 2 atom stereocenters. The third kappa shape index (κ3) is 1.95. The van der Waals surface area contributed by atoms with Crippen LogP contribution in [-0.4, -0.2) is 32.9 Å². The van der Waals surface area contributed by atoms with Crippen LogP contribution in [0.2, 0.25) is 0 Å². The first kappa shape index (κ1) is 13.2. The summed E-state index contributed by atoms with van der Waals surface area (Å²) in [7, 11) is -5.59. The van der Waals surface area contributed by atoms with Gasteiger partial charge in [0, 0.05) is 18.3 Å². The number of rotatable bonds is 2. The van der Waals surface area contributed by atoms with Crippen molar-refractivity contribution in [3.05, 3.63) is 11.8 Å². The van der Waals surface area contributed by atoms with Crippen molar-refractivity contribution in [2.24, 2.45) is 11.8 Å². The second-order valence-corrected chi connectivity index (χ2v) is 6.34. The maximum atomic E-state index is 12.2. The topological polar surface area (TPSA) is 61.8 Å². The second kappa shape index (κ2) is 3.86. The van der Waals surface area contributed by atoms with Crippen molar-refractivity contribution in [3.63, 3.8) is 0 Å². The summed E-state index contributed by atoms with van der Waals surface area (Å²) >= 11 is 0. The summed E-state index contributed by atoms with van der Waals surface area (Å²) < 4.78 is 73.8. The lowest BCUT2D eigenvalue weighted by molar-refractivity contribution is -0.175. The van der Waals surface area contributed by atoms with Gasteiger partial charge in [-0.1, -0.05) is 0 Å². The van der Waals surface area contributed by atoms with Crippen LogP contribution < -0.4 is 0 Å². The number of ether oxygens (including phenoxy) is 2. The molecule has 1 aliphatic heterocycles. The van der Waals surface area contributed by atoms with E-state index in [1.807, 2.05) is 0 Å². The van der Waals surface area contributed by atoms with Gasteiger partial charge in [-0.2, -0.15) is 21.6 Å². The molecule has 2 bridgehead atoms. The molecule has 0 radical (unpaired) electrons. The molecule has 0 N–H and O–H groups in total. The van der Waals surface area contributed by atoms with Crippen molar-refractivity contribution in [3.8, 4) is 0 Å². The Morgan fingerprint density at radius 1 is 1.32 bits per heavy atom. The van der Waals surface area contributed by atoms with Gasteiger partial charge in [0.05, 0.1) is 13.2 Å². The van der Waals surface area contributed by atoms with Crippen LogP contribution in [0.4, 0.5) is 13.2 Å². The number of fused-ring (bicyclic) bond motifs is 3. The van der Waals surface area contributed by atoms with Gasteiger partial charge >= 0.3 is 15.6 Å². The molecule has 1 saturated heterocycles.